The molecule has 2 rings (SSSR count). The Labute approximate surface area is 111 Å². The van der Waals surface area contributed by atoms with Crippen LogP contribution in [0.1, 0.15) is 6.42 Å². The lowest BCUT2D eigenvalue weighted by Crippen LogP contribution is -2.49. The van der Waals surface area contributed by atoms with Crippen molar-refractivity contribution in [1.82, 2.24) is 4.90 Å². The van der Waals surface area contributed by atoms with Crippen molar-refractivity contribution >= 4 is 23.2 Å². The zero-order valence-electron chi connectivity index (χ0n) is 10.1. The predicted molar refractivity (Wildman–Crippen MR) is 70.5 cm³/mol. The summed E-state index contributed by atoms with van der Waals surface area (Å²) in [4.78, 5) is 15.4. The van der Waals surface area contributed by atoms with Gasteiger partial charge in [-0.3, -0.25) is 4.79 Å². The minimum atomic E-state index is -0.210. The van der Waals surface area contributed by atoms with Crippen LogP contribution in [0.25, 0.3) is 0 Å². The third kappa shape index (κ3) is 2.93. The minimum absolute atomic E-state index is 0.0817. The van der Waals surface area contributed by atoms with E-state index in [0.29, 0.717) is 44.2 Å². The lowest BCUT2D eigenvalue weighted by Gasteiger charge is -2.36. The SMILES string of the molecule is O=C(CCCl)N1CCN(c2ccccc2F)CC1. The van der Waals surface area contributed by atoms with Crippen molar-refractivity contribution < 1.29 is 9.18 Å². The third-order valence-corrected chi connectivity index (χ3v) is 3.32. The zero-order chi connectivity index (χ0) is 13.0. The lowest BCUT2D eigenvalue weighted by atomic mass is 10.2. The predicted octanol–water partition coefficient (Wildman–Crippen LogP) is 2.10. The second kappa shape index (κ2) is 6.05. The summed E-state index contributed by atoms with van der Waals surface area (Å²) in [6.07, 6.45) is 0.376. The molecule has 0 radical (unpaired) electrons. The van der Waals surface area contributed by atoms with E-state index in [1.54, 1.807) is 17.0 Å². The maximum atomic E-state index is 13.6. The Balaban J connectivity index is 1.95. The maximum absolute atomic E-state index is 13.6. The Bertz CT molecular complexity index is 419. The average Bonchev–Trinajstić information content (AvgIpc) is 2.40. The van der Waals surface area contributed by atoms with Gasteiger partial charge in [0, 0.05) is 38.5 Å². The number of carbonyl (C=O) groups excluding carboxylic acids is 1. The van der Waals surface area contributed by atoms with E-state index in [0.717, 1.165) is 0 Å². The Kier molecular flexibility index (Phi) is 4.42. The fourth-order valence-electron chi connectivity index (χ4n) is 2.14. The van der Waals surface area contributed by atoms with Crippen LogP contribution in [0.3, 0.4) is 0 Å². The van der Waals surface area contributed by atoms with Gasteiger partial charge in [0.25, 0.3) is 0 Å². The highest BCUT2D eigenvalue weighted by Crippen LogP contribution is 2.20. The monoisotopic (exact) mass is 270 g/mol. The standard InChI is InChI=1S/C13H16ClFN2O/c14-6-5-13(18)17-9-7-16(8-10-17)12-4-2-1-3-11(12)15/h1-4H,5-10H2. The molecule has 5 heteroatoms. The molecule has 3 nitrogen and oxygen atoms in total. The van der Waals surface area contributed by atoms with Crippen LogP contribution in [0.5, 0.6) is 0 Å². The van der Waals surface area contributed by atoms with Gasteiger partial charge in [-0.25, -0.2) is 4.39 Å². The zero-order valence-corrected chi connectivity index (χ0v) is 10.9. The molecule has 0 bridgehead atoms. The van der Waals surface area contributed by atoms with E-state index < -0.39 is 0 Å². The van der Waals surface area contributed by atoms with Crippen LogP contribution >= 0.6 is 11.6 Å². The van der Waals surface area contributed by atoms with Crippen LogP contribution in [-0.2, 0) is 4.79 Å². The summed E-state index contributed by atoms with van der Waals surface area (Å²) in [6, 6.07) is 6.73. The molecular weight excluding hydrogens is 255 g/mol. The molecule has 0 unspecified atom stereocenters. The molecule has 1 fully saturated rings. The van der Waals surface area contributed by atoms with E-state index in [4.69, 9.17) is 11.6 Å². The lowest BCUT2D eigenvalue weighted by molar-refractivity contribution is -0.131. The van der Waals surface area contributed by atoms with Crippen LogP contribution in [0.2, 0.25) is 0 Å². The molecule has 1 aliphatic rings. The second-order valence-electron chi connectivity index (χ2n) is 4.26. The number of carbonyl (C=O) groups is 1. The number of halogens is 2. The summed E-state index contributed by atoms with van der Waals surface area (Å²) < 4.78 is 13.6. The molecule has 1 aliphatic heterocycles. The molecule has 0 atom stereocenters. The Hall–Kier alpha value is -1.29. The molecule has 0 N–H and O–H groups in total. The number of para-hydroxylation sites is 1. The largest absolute Gasteiger partial charge is 0.366 e. The topological polar surface area (TPSA) is 23.6 Å². The van der Waals surface area contributed by atoms with Gasteiger partial charge < -0.3 is 9.80 Å². The van der Waals surface area contributed by atoms with Gasteiger partial charge in [-0.1, -0.05) is 12.1 Å². The first-order valence-electron chi connectivity index (χ1n) is 6.05. The molecule has 1 amide bonds. The molecule has 1 saturated heterocycles. The van der Waals surface area contributed by atoms with E-state index in [1.807, 2.05) is 11.0 Å². The van der Waals surface area contributed by atoms with Crippen molar-refractivity contribution in [2.75, 3.05) is 37.0 Å². The average molecular weight is 271 g/mol. The van der Waals surface area contributed by atoms with Gasteiger partial charge in [-0.05, 0) is 12.1 Å². The van der Waals surface area contributed by atoms with Gasteiger partial charge in [0.05, 0.1) is 5.69 Å². The van der Waals surface area contributed by atoms with Crippen molar-refractivity contribution in [3.8, 4) is 0 Å². The van der Waals surface area contributed by atoms with E-state index in [-0.39, 0.29) is 11.7 Å². The van der Waals surface area contributed by atoms with Crippen molar-refractivity contribution in [2.45, 2.75) is 6.42 Å². The summed E-state index contributed by atoms with van der Waals surface area (Å²) in [7, 11) is 0. The number of amides is 1. The highest BCUT2D eigenvalue weighted by Gasteiger charge is 2.21. The van der Waals surface area contributed by atoms with Gasteiger partial charge >= 0.3 is 0 Å². The first-order valence-corrected chi connectivity index (χ1v) is 6.59. The van der Waals surface area contributed by atoms with Gasteiger partial charge in [0.2, 0.25) is 5.91 Å². The van der Waals surface area contributed by atoms with Crippen molar-refractivity contribution in [3.05, 3.63) is 30.1 Å². The highest BCUT2D eigenvalue weighted by molar-refractivity contribution is 6.18. The molecule has 1 heterocycles. The molecule has 1 aromatic rings. The molecule has 1 aromatic carbocycles. The number of hydrogen-bond acceptors (Lipinski definition) is 2. The number of piperazine rings is 1. The fourth-order valence-corrected chi connectivity index (χ4v) is 2.31. The van der Waals surface area contributed by atoms with Gasteiger partial charge in [-0.15, -0.1) is 11.6 Å². The summed E-state index contributed by atoms with van der Waals surface area (Å²) in [5.74, 6) is 0.225. The van der Waals surface area contributed by atoms with Crippen LogP contribution in [0, 0.1) is 5.82 Å². The smallest absolute Gasteiger partial charge is 0.223 e. The Morgan fingerprint density at radius 3 is 2.50 bits per heavy atom. The highest BCUT2D eigenvalue weighted by atomic mass is 35.5. The summed E-state index contributed by atoms with van der Waals surface area (Å²) >= 11 is 5.55. The summed E-state index contributed by atoms with van der Waals surface area (Å²) in [6.45, 7) is 2.58. The first kappa shape index (κ1) is 13.1. The van der Waals surface area contributed by atoms with Gasteiger partial charge in [0.1, 0.15) is 5.82 Å². The van der Waals surface area contributed by atoms with Crippen molar-refractivity contribution in [2.24, 2.45) is 0 Å². The molecule has 0 aromatic heterocycles. The quantitative estimate of drug-likeness (QED) is 0.786. The van der Waals surface area contributed by atoms with Crippen molar-refractivity contribution in [1.29, 1.82) is 0 Å². The Morgan fingerprint density at radius 2 is 1.89 bits per heavy atom. The van der Waals surface area contributed by atoms with Crippen LogP contribution in [-0.4, -0.2) is 42.9 Å². The number of benzene rings is 1. The van der Waals surface area contributed by atoms with E-state index >= 15 is 0 Å². The van der Waals surface area contributed by atoms with E-state index in [2.05, 4.69) is 0 Å². The van der Waals surface area contributed by atoms with E-state index in [9.17, 15) is 9.18 Å². The minimum Gasteiger partial charge on any atom is -0.366 e. The molecule has 0 saturated carbocycles. The number of hydrogen-bond donors (Lipinski definition) is 0. The molecule has 0 spiro atoms. The van der Waals surface area contributed by atoms with Gasteiger partial charge in [-0.2, -0.15) is 0 Å². The summed E-state index contributed by atoms with van der Waals surface area (Å²) in [5.41, 5.74) is 0.613. The van der Waals surface area contributed by atoms with Gasteiger partial charge in [0.15, 0.2) is 0 Å². The summed E-state index contributed by atoms with van der Waals surface area (Å²) in [5, 5.41) is 0. The Morgan fingerprint density at radius 1 is 1.22 bits per heavy atom. The second-order valence-corrected chi connectivity index (χ2v) is 4.64. The van der Waals surface area contributed by atoms with Crippen LogP contribution < -0.4 is 4.90 Å². The number of rotatable bonds is 3. The molecule has 98 valence electrons. The third-order valence-electron chi connectivity index (χ3n) is 3.13. The molecule has 0 aliphatic carbocycles. The molecule has 18 heavy (non-hydrogen) atoms. The number of alkyl halides is 1. The number of anilines is 1. The first-order chi connectivity index (χ1) is 8.72. The van der Waals surface area contributed by atoms with Crippen molar-refractivity contribution in [3.63, 3.8) is 0 Å². The van der Waals surface area contributed by atoms with Crippen LogP contribution in [0.15, 0.2) is 24.3 Å². The fraction of sp³-hybridized carbons (Fsp3) is 0.462. The normalized spacial score (nSPS) is 15.9. The van der Waals surface area contributed by atoms with Crippen LogP contribution in [0.4, 0.5) is 10.1 Å². The van der Waals surface area contributed by atoms with E-state index in [1.165, 1.54) is 6.07 Å². The molecular formula is C13H16ClFN2O. The maximum Gasteiger partial charge on any atom is 0.223 e. The number of nitrogens with zero attached hydrogens (tertiary/aromatic N) is 2.